The number of benzene rings is 2. The summed E-state index contributed by atoms with van der Waals surface area (Å²) in [5.41, 5.74) is 13.4. The standard InChI is InChI=1S/C21H20N2O2/c1-13-16(17-7-5-9-19(22)14(17)2)6-4-8-18(13)20-11-10-15(12-24)21(23-20)25-3/h4-12H,22H2,1-3H3. The molecule has 126 valence electrons. The van der Waals surface area contributed by atoms with E-state index in [2.05, 4.69) is 24.0 Å². The first-order valence-corrected chi connectivity index (χ1v) is 8.02. The minimum atomic E-state index is 0.331. The summed E-state index contributed by atoms with van der Waals surface area (Å²) in [5.74, 6) is 0.331. The Morgan fingerprint density at radius 3 is 2.24 bits per heavy atom. The topological polar surface area (TPSA) is 65.2 Å². The number of nitrogen functional groups attached to an aromatic ring is 1. The summed E-state index contributed by atoms with van der Waals surface area (Å²) in [6, 6.07) is 15.6. The van der Waals surface area contributed by atoms with Crippen LogP contribution < -0.4 is 10.5 Å². The maximum atomic E-state index is 11.1. The third-order valence-electron chi connectivity index (χ3n) is 4.49. The van der Waals surface area contributed by atoms with Gasteiger partial charge in [-0.1, -0.05) is 30.3 Å². The summed E-state index contributed by atoms with van der Waals surface area (Å²) in [4.78, 5) is 15.6. The Hall–Kier alpha value is -3.14. The molecule has 0 bridgehead atoms. The zero-order valence-electron chi connectivity index (χ0n) is 14.5. The highest BCUT2D eigenvalue weighted by molar-refractivity contribution is 5.83. The maximum Gasteiger partial charge on any atom is 0.224 e. The number of anilines is 1. The van der Waals surface area contributed by atoms with Gasteiger partial charge < -0.3 is 10.5 Å². The molecule has 0 atom stereocenters. The predicted octanol–water partition coefficient (Wildman–Crippen LogP) is 4.44. The Morgan fingerprint density at radius 2 is 1.56 bits per heavy atom. The van der Waals surface area contributed by atoms with Crippen molar-refractivity contribution in [2.24, 2.45) is 0 Å². The van der Waals surface area contributed by atoms with E-state index >= 15 is 0 Å². The van der Waals surface area contributed by atoms with E-state index < -0.39 is 0 Å². The van der Waals surface area contributed by atoms with Gasteiger partial charge in [-0.15, -0.1) is 0 Å². The van der Waals surface area contributed by atoms with Gasteiger partial charge in [-0.05, 0) is 54.3 Å². The molecule has 4 heteroatoms. The highest BCUT2D eigenvalue weighted by Gasteiger charge is 2.13. The van der Waals surface area contributed by atoms with Crippen LogP contribution in [0.15, 0.2) is 48.5 Å². The largest absolute Gasteiger partial charge is 0.480 e. The summed E-state index contributed by atoms with van der Waals surface area (Å²) < 4.78 is 5.23. The van der Waals surface area contributed by atoms with E-state index in [4.69, 9.17) is 10.5 Å². The highest BCUT2D eigenvalue weighted by atomic mass is 16.5. The van der Waals surface area contributed by atoms with Crippen molar-refractivity contribution in [1.82, 2.24) is 4.98 Å². The number of nitrogens with zero attached hydrogens (tertiary/aromatic N) is 1. The van der Waals surface area contributed by atoms with Gasteiger partial charge in [0.15, 0.2) is 6.29 Å². The van der Waals surface area contributed by atoms with Crippen LogP contribution in [0.5, 0.6) is 5.88 Å². The molecule has 0 saturated heterocycles. The highest BCUT2D eigenvalue weighted by Crippen LogP contribution is 2.34. The number of rotatable bonds is 4. The van der Waals surface area contributed by atoms with Crippen LogP contribution >= 0.6 is 0 Å². The summed E-state index contributed by atoms with van der Waals surface area (Å²) in [7, 11) is 1.51. The van der Waals surface area contributed by atoms with Crippen molar-refractivity contribution in [3.63, 3.8) is 0 Å². The van der Waals surface area contributed by atoms with Crippen molar-refractivity contribution >= 4 is 12.0 Å². The smallest absolute Gasteiger partial charge is 0.224 e. The molecule has 1 heterocycles. The molecule has 0 saturated carbocycles. The molecule has 0 amide bonds. The normalized spacial score (nSPS) is 10.5. The number of pyridine rings is 1. The molecular formula is C21H20N2O2. The minimum absolute atomic E-state index is 0.331. The third-order valence-corrected chi connectivity index (χ3v) is 4.49. The van der Waals surface area contributed by atoms with Crippen LogP contribution in [-0.4, -0.2) is 18.4 Å². The number of hydrogen-bond donors (Lipinski definition) is 1. The van der Waals surface area contributed by atoms with Crippen LogP contribution in [0, 0.1) is 13.8 Å². The second-order valence-corrected chi connectivity index (χ2v) is 5.91. The van der Waals surface area contributed by atoms with Crippen LogP contribution in [0.25, 0.3) is 22.4 Å². The number of ether oxygens (including phenoxy) is 1. The molecule has 3 aromatic rings. The van der Waals surface area contributed by atoms with Crippen LogP contribution in [0.4, 0.5) is 5.69 Å². The Kier molecular flexibility index (Phi) is 4.52. The van der Waals surface area contributed by atoms with Gasteiger partial charge in [0.2, 0.25) is 5.88 Å². The molecule has 0 unspecified atom stereocenters. The van der Waals surface area contributed by atoms with E-state index in [1.165, 1.54) is 7.11 Å². The molecule has 4 nitrogen and oxygen atoms in total. The molecule has 0 aliphatic carbocycles. The number of nitrogens with two attached hydrogens (primary N) is 1. The average molecular weight is 332 g/mol. The molecule has 2 N–H and O–H groups in total. The first-order valence-electron chi connectivity index (χ1n) is 8.02. The monoisotopic (exact) mass is 332 g/mol. The lowest BCUT2D eigenvalue weighted by Gasteiger charge is -2.15. The Bertz CT molecular complexity index is 949. The quantitative estimate of drug-likeness (QED) is 0.567. The van der Waals surface area contributed by atoms with Gasteiger partial charge in [0.05, 0.1) is 18.4 Å². The van der Waals surface area contributed by atoms with Gasteiger partial charge in [0.1, 0.15) is 0 Å². The second kappa shape index (κ2) is 6.77. The van der Waals surface area contributed by atoms with E-state index in [-0.39, 0.29) is 0 Å². The van der Waals surface area contributed by atoms with Gasteiger partial charge in [0, 0.05) is 11.3 Å². The number of aldehydes is 1. The lowest BCUT2D eigenvalue weighted by Crippen LogP contribution is -1.98. The van der Waals surface area contributed by atoms with Crippen molar-refractivity contribution in [1.29, 1.82) is 0 Å². The van der Waals surface area contributed by atoms with Crippen LogP contribution in [0.3, 0.4) is 0 Å². The summed E-state index contributed by atoms with van der Waals surface area (Å²) >= 11 is 0. The van der Waals surface area contributed by atoms with Gasteiger partial charge in [-0.3, -0.25) is 4.79 Å². The first-order chi connectivity index (χ1) is 12.1. The number of carbonyl (C=O) groups excluding carboxylic acids is 1. The molecule has 0 aliphatic rings. The Morgan fingerprint density at radius 1 is 0.920 bits per heavy atom. The molecule has 25 heavy (non-hydrogen) atoms. The number of carbonyl (C=O) groups is 1. The van der Waals surface area contributed by atoms with E-state index in [0.29, 0.717) is 11.4 Å². The lowest BCUT2D eigenvalue weighted by atomic mass is 9.92. The third kappa shape index (κ3) is 2.98. The fraction of sp³-hybridized carbons (Fsp3) is 0.143. The van der Waals surface area contributed by atoms with Gasteiger partial charge >= 0.3 is 0 Å². The molecule has 1 aromatic heterocycles. The van der Waals surface area contributed by atoms with Crippen molar-refractivity contribution in [2.45, 2.75) is 13.8 Å². The fourth-order valence-electron chi connectivity index (χ4n) is 3.00. The fourth-order valence-corrected chi connectivity index (χ4v) is 3.00. The molecule has 0 aliphatic heterocycles. The van der Waals surface area contributed by atoms with Crippen molar-refractivity contribution in [2.75, 3.05) is 12.8 Å². The van der Waals surface area contributed by atoms with Crippen LogP contribution in [0.2, 0.25) is 0 Å². The summed E-state index contributed by atoms with van der Waals surface area (Å²) in [5, 5.41) is 0. The van der Waals surface area contributed by atoms with Crippen LogP contribution in [0.1, 0.15) is 21.5 Å². The average Bonchev–Trinajstić information content (AvgIpc) is 2.64. The SMILES string of the molecule is COc1nc(-c2cccc(-c3cccc(N)c3C)c2C)ccc1C=O. The Labute approximate surface area is 147 Å². The maximum absolute atomic E-state index is 11.1. The lowest BCUT2D eigenvalue weighted by molar-refractivity contribution is 0.112. The molecular weight excluding hydrogens is 312 g/mol. The first kappa shape index (κ1) is 16.7. The van der Waals surface area contributed by atoms with Gasteiger partial charge in [-0.25, -0.2) is 4.98 Å². The summed E-state index contributed by atoms with van der Waals surface area (Å²) in [6.07, 6.45) is 0.745. The van der Waals surface area contributed by atoms with Crippen molar-refractivity contribution in [3.8, 4) is 28.3 Å². The zero-order valence-corrected chi connectivity index (χ0v) is 14.5. The number of hydrogen-bond acceptors (Lipinski definition) is 4. The van der Waals surface area contributed by atoms with Crippen LogP contribution in [-0.2, 0) is 0 Å². The van der Waals surface area contributed by atoms with E-state index in [9.17, 15) is 4.79 Å². The second-order valence-electron chi connectivity index (χ2n) is 5.91. The number of methoxy groups -OCH3 is 1. The van der Waals surface area contributed by atoms with Gasteiger partial charge in [0.25, 0.3) is 0 Å². The Balaban J connectivity index is 2.17. The molecule has 3 rings (SSSR count). The molecule has 0 spiro atoms. The summed E-state index contributed by atoms with van der Waals surface area (Å²) in [6.45, 7) is 4.09. The van der Waals surface area contributed by atoms with Gasteiger partial charge in [-0.2, -0.15) is 0 Å². The number of aromatic nitrogens is 1. The van der Waals surface area contributed by atoms with E-state index in [1.807, 2.05) is 37.3 Å². The molecule has 0 radical (unpaired) electrons. The van der Waals surface area contributed by atoms with E-state index in [0.717, 1.165) is 45.5 Å². The molecule has 0 fully saturated rings. The zero-order chi connectivity index (χ0) is 18.0. The molecule has 2 aromatic carbocycles. The minimum Gasteiger partial charge on any atom is -0.480 e. The van der Waals surface area contributed by atoms with Crippen molar-refractivity contribution in [3.05, 3.63) is 65.2 Å². The van der Waals surface area contributed by atoms with Crippen molar-refractivity contribution < 1.29 is 9.53 Å². The predicted molar refractivity (Wildman–Crippen MR) is 101 cm³/mol. The van der Waals surface area contributed by atoms with E-state index in [1.54, 1.807) is 6.07 Å².